The SMILES string of the molecule is CCCCCCC(S(=O)(=O)NCCC#N)(S(=O)(=O)NCCC#N)S(=O)(=O)NCCC#N. The summed E-state index contributed by atoms with van der Waals surface area (Å²) in [5.41, 5.74) is 0. The van der Waals surface area contributed by atoms with Crippen molar-refractivity contribution < 1.29 is 25.3 Å². The van der Waals surface area contributed by atoms with Gasteiger partial charge in [-0.2, -0.15) is 15.8 Å². The summed E-state index contributed by atoms with van der Waals surface area (Å²) >= 11 is 0. The maximum absolute atomic E-state index is 13.2. The summed E-state index contributed by atoms with van der Waals surface area (Å²) in [7, 11) is -15.3. The van der Waals surface area contributed by atoms with Gasteiger partial charge in [0, 0.05) is 45.3 Å². The molecule has 0 radical (unpaired) electrons. The van der Waals surface area contributed by atoms with Crippen LogP contribution in [-0.4, -0.2) is 48.3 Å². The van der Waals surface area contributed by atoms with Crippen molar-refractivity contribution in [1.82, 2.24) is 14.2 Å². The van der Waals surface area contributed by atoms with Gasteiger partial charge < -0.3 is 0 Å². The molecule has 0 atom stereocenters. The lowest BCUT2D eigenvalue weighted by molar-refractivity contribution is 0.512. The largest absolute Gasteiger partial charge is 0.313 e. The van der Waals surface area contributed by atoms with E-state index in [0.717, 1.165) is 6.42 Å². The zero-order valence-electron chi connectivity index (χ0n) is 17.3. The van der Waals surface area contributed by atoms with Gasteiger partial charge in [0.1, 0.15) is 0 Å². The first-order valence-corrected chi connectivity index (χ1v) is 14.0. The molecule has 0 aliphatic rings. The minimum Gasteiger partial charge on any atom is -0.212 e. The van der Waals surface area contributed by atoms with Crippen molar-refractivity contribution in [2.45, 2.75) is 61.7 Å². The van der Waals surface area contributed by atoms with Crippen molar-refractivity contribution in [1.29, 1.82) is 15.8 Å². The first kappa shape index (κ1) is 29.2. The lowest BCUT2D eigenvalue weighted by atomic mass is 10.2. The number of hydrogen-bond donors (Lipinski definition) is 3. The average Bonchev–Trinajstić information content (AvgIpc) is 2.67. The Hall–Kier alpha value is -1.80. The van der Waals surface area contributed by atoms with Crippen LogP contribution in [0.15, 0.2) is 0 Å². The van der Waals surface area contributed by atoms with Crippen molar-refractivity contribution in [2.75, 3.05) is 19.6 Å². The summed E-state index contributed by atoms with van der Waals surface area (Å²) in [6.45, 7) is 0.402. The Morgan fingerprint density at radius 3 is 1.29 bits per heavy atom. The monoisotopic (exact) mass is 496 g/mol. The Kier molecular flexibility index (Phi) is 12.8. The number of nitriles is 3. The highest BCUT2D eigenvalue weighted by molar-refractivity contribution is 8.24. The summed E-state index contributed by atoms with van der Waals surface area (Å²) in [4.78, 5) is 0. The summed E-state index contributed by atoms with van der Waals surface area (Å²) in [5, 5.41) is 26.0. The second kappa shape index (κ2) is 13.6. The van der Waals surface area contributed by atoms with Gasteiger partial charge in [-0.15, -0.1) is 0 Å². The third-order valence-corrected chi connectivity index (χ3v) is 12.9. The smallest absolute Gasteiger partial charge is 0.212 e. The van der Waals surface area contributed by atoms with Gasteiger partial charge in [-0.25, -0.2) is 39.4 Å². The number of unbranched alkanes of at least 4 members (excludes halogenated alkanes) is 3. The van der Waals surface area contributed by atoms with Crippen molar-refractivity contribution in [3.8, 4) is 18.2 Å². The van der Waals surface area contributed by atoms with E-state index < -0.39 is 59.5 Å². The van der Waals surface area contributed by atoms with Crippen LogP contribution in [0.25, 0.3) is 0 Å². The molecule has 0 unspecified atom stereocenters. The van der Waals surface area contributed by atoms with Crippen LogP contribution in [0.5, 0.6) is 0 Å². The molecule has 0 fully saturated rings. The third-order valence-electron chi connectivity index (χ3n) is 4.15. The van der Waals surface area contributed by atoms with E-state index in [1.165, 1.54) is 0 Å². The molecule has 0 aromatic carbocycles. The van der Waals surface area contributed by atoms with E-state index >= 15 is 0 Å². The van der Waals surface area contributed by atoms with Crippen molar-refractivity contribution >= 4 is 30.1 Å². The summed E-state index contributed by atoms with van der Waals surface area (Å²) in [6.07, 6.45) is -0.00141. The van der Waals surface area contributed by atoms with Gasteiger partial charge in [0.15, 0.2) is 0 Å². The maximum Gasteiger partial charge on any atom is 0.313 e. The minimum absolute atomic E-state index is 0.0364. The lowest BCUT2D eigenvalue weighted by Gasteiger charge is -2.32. The molecule has 12 nitrogen and oxygen atoms in total. The second-order valence-corrected chi connectivity index (χ2v) is 13.2. The molecule has 3 N–H and O–H groups in total. The van der Waals surface area contributed by atoms with Gasteiger partial charge in [-0.1, -0.05) is 26.2 Å². The first-order valence-electron chi connectivity index (χ1n) is 9.58. The molecule has 176 valence electrons. The Balaban J connectivity index is 6.64. The zero-order valence-corrected chi connectivity index (χ0v) is 19.7. The first-order chi connectivity index (χ1) is 14.5. The number of hydrogen-bond acceptors (Lipinski definition) is 9. The Labute approximate surface area is 184 Å². The maximum atomic E-state index is 13.2. The van der Waals surface area contributed by atoms with Crippen LogP contribution >= 0.6 is 0 Å². The van der Waals surface area contributed by atoms with Crippen LogP contribution in [0, 0.1) is 34.0 Å². The fraction of sp³-hybridized carbons (Fsp3) is 0.812. The van der Waals surface area contributed by atoms with Crippen LogP contribution < -0.4 is 14.2 Å². The fourth-order valence-corrected chi connectivity index (χ4v) is 10.2. The van der Waals surface area contributed by atoms with E-state index in [0.29, 0.717) is 12.8 Å². The molecular formula is C16H28N6O6S3. The Morgan fingerprint density at radius 1 is 0.645 bits per heavy atom. The molecule has 0 aliphatic heterocycles. The molecule has 0 saturated carbocycles. The van der Waals surface area contributed by atoms with Crippen LogP contribution in [0.2, 0.25) is 0 Å². The lowest BCUT2D eigenvalue weighted by Crippen LogP contribution is -2.63. The van der Waals surface area contributed by atoms with Gasteiger partial charge >= 0.3 is 3.41 Å². The molecule has 0 spiro atoms. The number of sulfonamides is 3. The summed E-state index contributed by atoms with van der Waals surface area (Å²) in [6, 6.07) is 5.05. The van der Waals surface area contributed by atoms with Crippen LogP contribution in [-0.2, 0) is 30.1 Å². The molecule has 0 aliphatic carbocycles. The number of nitrogens with one attached hydrogen (secondary N) is 3. The molecule has 0 saturated heterocycles. The zero-order chi connectivity index (χ0) is 24.0. The highest BCUT2D eigenvalue weighted by Gasteiger charge is 2.64. The van der Waals surface area contributed by atoms with Gasteiger partial charge in [0.2, 0.25) is 30.1 Å². The quantitative estimate of drug-likeness (QED) is 0.233. The topological polar surface area (TPSA) is 210 Å². The van der Waals surface area contributed by atoms with Gasteiger partial charge in [0.05, 0.1) is 18.2 Å². The molecule has 0 heterocycles. The molecule has 0 aromatic rings. The Bertz CT molecular complexity index is 882. The third kappa shape index (κ3) is 7.68. The van der Waals surface area contributed by atoms with E-state index in [-0.39, 0.29) is 25.7 Å². The molecule has 0 aromatic heterocycles. The van der Waals surface area contributed by atoms with E-state index in [4.69, 9.17) is 15.8 Å². The van der Waals surface area contributed by atoms with Crippen LogP contribution in [0.3, 0.4) is 0 Å². The van der Waals surface area contributed by atoms with Gasteiger partial charge in [0.25, 0.3) is 0 Å². The predicted octanol–water partition coefficient (Wildman–Crippen LogP) is 0.110. The molecular weight excluding hydrogens is 468 g/mol. The van der Waals surface area contributed by atoms with E-state index in [2.05, 4.69) is 0 Å². The van der Waals surface area contributed by atoms with Gasteiger partial charge in [-0.3, -0.25) is 0 Å². The summed E-state index contributed by atoms with van der Waals surface area (Å²) < 4.78 is 81.4. The predicted molar refractivity (Wildman–Crippen MR) is 113 cm³/mol. The van der Waals surface area contributed by atoms with Crippen molar-refractivity contribution in [3.05, 3.63) is 0 Å². The standard InChI is InChI=1S/C16H28N6O6S3/c1-2-3-4-5-9-16(29(23,24)20-13-6-10-17,30(25,26)21-14-7-11-18)31(27,28)22-15-8-12-19/h20-22H,2-9,13-15H2,1H3. The number of rotatable bonds is 17. The van der Waals surface area contributed by atoms with Crippen LogP contribution in [0.4, 0.5) is 0 Å². The average molecular weight is 497 g/mol. The minimum atomic E-state index is -5.10. The highest BCUT2D eigenvalue weighted by Crippen LogP contribution is 2.35. The van der Waals surface area contributed by atoms with Crippen molar-refractivity contribution in [2.24, 2.45) is 0 Å². The van der Waals surface area contributed by atoms with Crippen LogP contribution in [0.1, 0.15) is 58.3 Å². The Morgan fingerprint density at radius 2 is 1.00 bits per heavy atom. The molecule has 15 heteroatoms. The summed E-state index contributed by atoms with van der Waals surface area (Å²) in [5.74, 6) is 0. The second-order valence-electron chi connectivity index (χ2n) is 6.41. The van der Waals surface area contributed by atoms with E-state index in [9.17, 15) is 25.3 Å². The van der Waals surface area contributed by atoms with Crippen molar-refractivity contribution in [3.63, 3.8) is 0 Å². The molecule has 0 amide bonds. The fourth-order valence-electron chi connectivity index (χ4n) is 2.66. The number of nitrogens with zero attached hydrogens (tertiary/aromatic N) is 3. The van der Waals surface area contributed by atoms with E-state index in [1.54, 1.807) is 18.2 Å². The molecule has 0 rings (SSSR count). The highest BCUT2D eigenvalue weighted by atomic mass is 32.3. The van der Waals surface area contributed by atoms with Gasteiger partial charge in [-0.05, 0) is 6.42 Å². The molecule has 0 bridgehead atoms. The normalized spacial score (nSPS) is 12.6. The van der Waals surface area contributed by atoms with E-state index in [1.807, 2.05) is 21.1 Å². The molecule has 31 heavy (non-hydrogen) atoms.